The standard InChI is InChI=1S/C19H27NO9P2/c1-13-4-2-3-5-14(13)18(17-12-28-10-11-29-17)15-7-9-20-16(15)6-8-19(21,30(22,23)24)31(25,26)27/h2-5,7,9,17-18,20-21H,6,8,10-12H2,1H3,(H2,22,23,24)(H2,25,26,27). The summed E-state index contributed by atoms with van der Waals surface area (Å²) in [7, 11) is -11.0. The largest absolute Gasteiger partial charge is 0.376 e. The van der Waals surface area contributed by atoms with Gasteiger partial charge >= 0.3 is 15.2 Å². The van der Waals surface area contributed by atoms with E-state index in [1.165, 1.54) is 0 Å². The van der Waals surface area contributed by atoms with Crippen molar-refractivity contribution in [3.63, 3.8) is 0 Å². The molecule has 1 aromatic carbocycles. The van der Waals surface area contributed by atoms with Crippen molar-refractivity contribution in [2.75, 3.05) is 19.8 Å². The second kappa shape index (κ2) is 9.27. The summed E-state index contributed by atoms with van der Waals surface area (Å²) in [5.41, 5.74) is 3.21. The molecule has 0 bridgehead atoms. The normalized spacial score (nSPS) is 19.4. The van der Waals surface area contributed by atoms with E-state index in [2.05, 4.69) is 4.98 Å². The fourth-order valence-electron chi connectivity index (χ4n) is 3.88. The van der Waals surface area contributed by atoms with Crippen LogP contribution in [0.1, 0.15) is 34.7 Å². The molecule has 0 saturated carbocycles. The van der Waals surface area contributed by atoms with Gasteiger partial charge < -0.3 is 39.1 Å². The van der Waals surface area contributed by atoms with Crippen LogP contribution < -0.4 is 0 Å². The summed E-state index contributed by atoms with van der Waals surface area (Å²) in [6.45, 7) is 3.20. The molecule has 2 aromatic rings. The number of rotatable bonds is 8. The Bertz CT molecular complexity index is 968. The number of aliphatic hydroxyl groups is 1. The van der Waals surface area contributed by atoms with Crippen molar-refractivity contribution in [1.29, 1.82) is 0 Å². The number of nitrogens with one attached hydrogen (secondary N) is 1. The van der Waals surface area contributed by atoms with Gasteiger partial charge in [0, 0.05) is 24.2 Å². The lowest BCUT2D eigenvalue weighted by molar-refractivity contribution is -0.0938. The third-order valence-electron chi connectivity index (χ3n) is 5.58. The Balaban J connectivity index is 1.98. The molecular weight excluding hydrogens is 448 g/mol. The molecule has 172 valence electrons. The van der Waals surface area contributed by atoms with Crippen molar-refractivity contribution < 1.29 is 43.3 Å². The molecule has 0 spiro atoms. The lowest BCUT2D eigenvalue weighted by atomic mass is 9.83. The van der Waals surface area contributed by atoms with E-state index >= 15 is 0 Å². The van der Waals surface area contributed by atoms with Crippen LogP contribution in [0.3, 0.4) is 0 Å². The van der Waals surface area contributed by atoms with E-state index in [0.717, 1.165) is 16.7 Å². The van der Waals surface area contributed by atoms with E-state index in [9.17, 15) is 33.8 Å². The summed E-state index contributed by atoms with van der Waals surface area (Å²) in [5.74, 6) is -0.291. The number of hydrogen-bond acceptors (Lipinski definition) is 5. The third-order valence-corrected chi connectivity index (χ3v) is 9.46. The Morgan fingerprint density at radius 1 is 1.10 bits per heavy atom. The Kier molecular flexibility index (Phi) is 7.28. The zero-order valence-corrected chi connectivity index (χ0v) is 18.7. The van der Waals surface area contributed by atoms with Crippen molar-refractivity contribution in [3.8, 4) is 0 Å². The van der Waals surface area contributed by atoms with E-state index in [1.807, 2.05) is 31.2 Å². The Morgan fingerprint density at radius 2 is 1.77 bits per heavy atom. The molecule has 0 aliphatic carbocycles. The molecule has 0 radical (unpaired) electrons. The van der Waals surface area contributed by atoms with Gasteiger partial charge in [0.1, 0.15) is 0 Å². The average Bonchev–Trinajstić information content (AvgIpc) is 3.15. The lowest BCUT2D eigenvalue weighted by Crippen LogP contribution is -2.35. The highest BCUT2D eigenvalue weighted by Gasteiger charge is 2.58. The van der Waals surface area contributed by atoms with Crippen molar-refractivity contribution in [2.24, 2.45) is 0 Å². The second-order valence-corrected chi connectivity index (χ2v) is 11.6. The van der Waals surface area contributed by atoms with Gasteiger partial charge in [0.2, 0.25) is 0 Å². The third kappa shape index (κ3) is 5.03. The quantitative estimate of drug-likeness (QED) is 0.312. The minimum absolute atomic E-state index is 0.203. The van der Waals surface area contributed by atoms with Crippen LogP contribution in [0.2, 0.25) is 0 Å². The molecule has 0 amide bonds. The van der Waals surface area contributed by atoms with E-state index in [4.69, 9.17) is 9.47 Å². The molecular formula is C19H27NO9P2. The van der Waals surface area contributed by atoms with Crippen LogP contribution in [0.25, 0.3) is 0 Å². The van der Waals surface area contributed by atoms with Crippen LogP contribution in [0.4, 0.5) is 0 Å². The second-order valence-electron chi connectivity index (χ2n) is 7.59. The zero-order valence-electron chi connectivity index (χ0n) is 16.9. The molecule has 3 rings (SSSR count). The Hall–Kier alpha value is -1.32. The van der Waals surface area contributed by atoms with E-state index < -0.39 is 26.7 Å². The number of benzene rings is 1. The minimum Gasteiger partial charge on any atom is -0.376 e. The maximum atomic E-state index is 11.7. The van der Waals surface area contributed by atoms with Crippen LogP contribution >= 0.6 is 15.2 Å². The number of aromatic amines is 1. The Labute approximate surface area is 179 Å². The molecule has 1 fully saturated rings. The molecule has 10 nitrogen and oxygen atoms in total. The molecule has 12 heteroatoms. The molecule has 31 heavy (non-hydrogen) atoms. The highest BCUT2D eigenvalue weighted by molar-refractivity contribution is 7.72. The summed E-state index contributed by atoms with van der Waals surface area (Å²) in [5, 5.41) is 6.77. The smallest absolute Gasteiger partial charge is 0.369 e. The van der Waals surface area contributed by atoms with Gasteiger partial charge in [0.15, 0.2) is 0 Å². The topological polar surface area (TPSA) is 170 Å². The summed E-state index contributed by atoms with van der Waals surface area (Å²) in [6.07, 6.45) is 0.266. The van der Waals surface area contributed by atoms with Gasteiger partial charge in [-0.25, -0.2) is 0 Å². The maximum absolute atomic E-state index is 11.7. The van der Waals surface area contributed by atoms with Crippen molar-refractivity contribution in [1.82, 2.24) is 4.98 Å². The summed E-state index contributed by atoms with van der Waals surface area (Å²) < 4.78 is 34.9. The summed E-state index contributed by atoms with van der Waals surface area (Å²) in [6, 6.07) is 9.51. The number of aromatic nitrogens is 1. The van der Waals surface area contributed by atoms with Crippen LogP contribution in [0, 0.1) is 6.92 Å². The first-order valence-electron chi connectivity index (χ1n) is 9.70. The minimum atomic E-state index is -5.52. The monoisotopic (exact) mass is 475 g/mol. The zero-order chi connectivity index (χ0) is 22.9. The molecule has 2 unspecified atom stereocenters. The molecule has 2 heterocycles. The molecule has 1 aromatic heterocycles. The number of aryl methyl sites for hydroxylation is 2. The van der Waals surface area contributed by atoms with E-state index in [1.54, 1.807) is 12.3 Å². The summed E-state index contributed by atoms with van der Waals surface area (Å²) >= 11 is 0. The first-order valence-corrected chi connectivity index (χ1v) is 12.9. The van der Waals surface area contributed by atoms with Gasteiger partial charge in [-0.05, 0) is 36.1 Å². The fourth-order valence-corrected chi connectivity index (χ4v) is 6.04. The molecule has 2 atom stereocenters. The highest BCUT2D eigenvalue weighted by Crippen LogP contribution is 2.69. The van der Waals surface area contributed by atoms with Crippen molar-refractivity contribution in [2.45, 2.75) is 36.9 Å². The van der Waals surface area contributed by atoms with Gasteiger partial charge in [-0.1, -0.05) is 24.3 Å². The molecule has 1 aliphatic heterocycles. The highest BCUT2D eigenvalue weighted by atomic mass is 31.2. The van der Waals surface area contributed by atoms with Gasteiger partial charge in [-0.2, -0.15) is 0 Å². The first-order chi connectivity index (χ1) is 14.5. The Morgan fingerprint density at radius 3 is 2.35 bits per heavy atom. The van der Waals surface area contributed by atoms with Crippen LogP contribution in [-0.4, -0.2) is 60.7 Å². The molecule has 1 aliphatic rings. The number of H-pyrrole nitrogens is 1. The predicted molar refractivity (Wildman–Crippen MR) is 112 cm³/mol. The van der Waals surface area contributed by atoms with Crippen LogP contribution in [0.5, 0.6) is 0 Å². The van der Waals surface area contributed by atoms with Crippen molar-refractivity contribution >= 4 is 15.2 Å². The van der Waals surface area contributed by atoms with Gasteiger partial charge in [0.25, 0.3) is 5.08 Å². The van der Waals surface area contributed by atoms with E-state index in [0.29, 0.717) is 25.5 Å². The van der Waals surface area contributed by atoms with Crippen LogP contribution in [-0.2, 0) is 25.0 Å². The average molecular weight is 475 g/mol. The first kappa shape index (κ1) is 24.3. The van der Waals surface area contributed by atoms with Gasteiger partial charge in [-0.15, -0.1) is 0 Å². The van der Waals surface area contributed by atoms with E-state index in [-0.39, 0.29) is 18.4 Å². The molecule has 1 saturated heterocycles. The molecule has 6 N–H and O–H groups in total. The fraction of sp³-hybridized carbons (Fsp3) is 0.474. The SMILES string of the molecule is Cc1ccccc1C(c1cc[nH]c1CCC(O)(P(=O)(O)O)P(=O)(O)O)C1COCCO1. The van der Waals surface area contributed by atoms with Crippen LogP contribution in [0.15, 0.2) is 36.5 Å². The number of hydrogen-bond donors (Lipinski definition) is 6. The van der Waals surface area contributed by atoms with Gasteiger partial charge in [-0.3, -0.25) is 9.13 Å². The van der Waals surface area contributed by atoms with Gasteiger partial charge in [0.05, 0.1) is 25.9 Å². The summed E-state index contributed by atoms with van der Waals surface area (Å²) in [4.78, 5) is 40.7. The maximum Gasteiger partial charge on any atom is 0.369 e. The number of ether oxygens (including phenoxy) is 2. The predicted octanol–water partition coefficient (Wildman–Crippen LogP) is 1.80. The van der Waals surface area contributed by atoms with Crippen molar-refractivity contribution in [3.05, 3.63) is 58.9 Å². The lowest BCUT2D eigenvalue weighted by Gasteiger charge is -2.33.